The van der Waals surface area contributed by atoms with Crippen molar-refractivity contribution in [2.24, 2.45) is 0 Å². The van der Waals surface area contributed by atoms with Crippen molar-refractivity contribution in [1.29, 1.82) is 10.5 Å². The molecule has 0 N–H and O–H groups in total. The van der Waals surface area contributed by atoms with Crippen molar-refractivity contribution >= 4 is 22.4 Å². The van der Waals surface area contributed by atoms with Gasteiger partial charge in [0.1, 0.15) is 13.1 Å². The number of nitriles is 2. The number of carbonyl (C=O) groups excluding carboxylic acids is 1. The predicted molar refractivity (Wildman–Crippen MR) is 92.5 cm³/mol. The average molecular weight is 346 g/mol. The van der Waals surface area contributed by atoms with Crippen LogP contribution in [0, 0.1) is 29.6 Å². The number of hydrogen-bond donors (Lipinski definition) is 0. The van der Waals surface area contributed by atoms with Gasteiger partial charge < -0.3 is 9.80 Å². The van der Waals surface area contributed by atoms with Gasteiger partial charge in [0.25, 0.3) is 0 Å². The highest BCUT2D eigenvalue weighted by atomic mass is 32.1. The number of nitrogens with zero attached hydrogens (tertiary/aromatic N) is 6. The highest BCUT2D eigenvalue weighted by Gasteiger charge is 2.26. The third-order valence-corrected chi connectivity index (χ3v) is 5.08. The molecule has 1 saturated heterocycles. The monoisotopic (exact) mass is 346 g/mol. The van der Waals surface area contributed by atoms with Gasteiger partial charge in [-0.15, -0.1) is 11.3 Å². The molecule has 1 aromatic heterocycles. The summed E-state index contributed by atoms with van der Waals surface area (Å²) in [5.74, 6) is -0.135. The molecule has 0 aromatic carbocycles. The summed E-state index contributed by atoms with van der Waals surface area (Å²) in [6.45, 7) is 7.42. The van der Waals surface area contributed by atoms with Gasteiger partial charge in [0.15, 0.2) is 5.13 Å². The summed E-state index contributed by atoms with van der Waals surface area (Å²) in [6.07, 6.45) is 0.340. The highest BCUT2D eigenvalue weighted by molar-refractivity contribution is 7.13. The summed E-state index contributed by atoms with van der Waals surface area (Å²) >= 11 is 1.67. The van der Waals surface area contributed by atoms with Crippen molar-refractivity contribution in [3.8, 4) is 12.1 Å². The quantitative estimate of drug-likeness (QED) is 0.720. The third kappa shape index (κ3) is 4.67. The highest BCUT2D eigenvalue weighted by Crippen LogP contribution is 2.24. The van der Waals surface area contributed by atoms with E-state index < -0.39 is 0 Å². The van der Waals surface area contributed by atoms with Crippen molar-refractivity contribution in [1.82, 2.24) is 14.8 Å². The Hall–Kier alpha value is -2.16. The molecule has 0 spiro atoms. The van der Waals surface area contributed by atoms with Gasteiger partial charge in [-0.25, -0.2) is 4.98 Å². The first-order chi connectivity index (χ1) is 11.5. The standard InChI is InChI=1S/C16H22N6OS/c1-13-12-24-16(19-13)22-10-9-20(11-14(22)2)6-3-15(23)21(7-4-17)8-5-18/h12,14H,3,6-11H2,1-2H3. The summed E-state index contributed by atoms with van der Waals surface area (Å²) in [6, 6.07) is 4.21. The second-order valence-electron chi connectivity index (χ2n) is 5.93. The second kappa shape index (κ2) is 8.62. The number of thiazole rings is 1. The molecule has 1 fully saturated rings. The molecule has 0 aliphatic carbocycles. The van der Waals surface area contributed by atoms with E-state index >= 15 is 0 Å². The number of amides is 1. The number of aromatic nitrogens is 1. The van der Waals surface area contributed by atoms with Crippen molar-refractivity contribution in [2.75, 3.05) is 44.2 Å². The molecule has 1 aliphatic heterocycles. The van der Waals surface area contributed by atoms with E-state index in [2.05, 4.69) is 27.1 Å². The van der Waals surface area contributed by atoms with Gasteiger partial charge in [0.2, 0.25) is 5.91 Å². The Morgan fingerprint density at radius 1 is 1.42 bits per heavy atom. The fourth-order valence-corrected chi connectivity index (χ4v) is 3.74. The Labute approximate surface area is 146 Å². The Kier molecular flexibility index (Phi) is 6.53. The van der Waals surface area contributed by atoms with Gasteiger partial charge in [-0.05, 0) is 13.8 Å². The van der Waals surface area contributed by atoms with Crippen LogP contribution in [-0.4, -0.2) is 66.0 Å². The van der Waals surface area contributed by atoms with Gasteiger partial charge >= 0.3 is 0 Å². The molecule has 0 bridgehead atoms. The molecule has 24 heavy (non-hydrogen) atoms. The van der Waals surface area contributed by atoms with Crippen LogP contribution in [0.1, 0.15) is 19.0 Å². The Morgan fingerprint density at radius 3 is 2.67 bits per heavy atom. The maximum atomic E-state index is 12.1. The molecule has 1 unspecified atom stereocenters. The normalized spacial score (nSPS) is 18.0. The maximum Gasteiger partial charge on any atom is 0.225 e. The van der Waals surface area contributed by atoms with Crippen molar-refractivity contribution < 1.29 is 4.79 Å². The summed E-state index contributed by atoms with van der Waals surface area (Å²) in [7, 11) is 0. The number of piperazine rings is 1. The lowest BCUT2D eigenvalue weighted by atomic mass is 10.2. The zero-order chi connectivity index (χ0) is 17.5. The van der Waals surface area contributed by atoms with E-state index in [-0.39, 0.29) is 19.0 Å². The molecule has 7 nitrogen and oxygen atoms in total. The second-order valence-corrected chi connectivity index (χ2v) is 6.77. The first kappa shape index (κ1) is 18.2. The number of hydrogen-bond acceptors (Lipinski definition) is 7. The number of anilines is 1. The predicted octanol–water partition coefficient (Wildman–Crippen LogP) is 1.23. The van der Waals surface area contributed by atoms with E-state index in [1.807, 2.05) is 19.1 Å². The van der Waals surface area contributed by atoms with Crippen LogP contribution in [0.5, 0.6) is 0 Å². The van der Waals surface area contributed by atoms with Gasteiger partial charge in [-0.3, -0.25) is 9.69 Å². The van der Waals surface area contributed by atoms with E-state index in [0.29, 0.717) is 19.0 Å². The molecule has 1 aliphatic rings. The summed E-state index contributed by atoms with van der Waals surface area (Å²) in [5.41, 5.74) is 1.05. The van der Waals surface area contributed by atoms with E-state index in [4.69, 9.17) is 10.5 Å². The Balaban J connectivity index is 1.82. The Bertz CT molecular complexity index is 630. The lowest BCUT2D eigenvalue weighted by Gasteiger charge is -2.39. The zero-order valence-electron chi connectivity index (χ0n) is 14.1. The topological polar surface area (TPSA) is 87.3 Å². The molecule has 1 atom stereocenters. The zero-order valence-corrected chi connectivity index (χ0v) is 14.9. The first-order valence-corrected chi connectivity index (χ1v) is 8.86. The van der Waals surface area contributed by atoms with E-state index in [1.54, 1.807) is 11.3 Å². The van der Waals surface area contributed by atoms with E-state index in [1.165, 1.54) is 4.90 Å². The van der Waals surface area contributed by atoms with Crippen LogP contribution < -0.4 is 4.90 Å². The molecule has 8 heteroatoms. The van der Waals surface area contributed by atoms with Crippen molar-refractivity contribution in [3.63, 3.8) is 0 Å². The molecule has 1 amide bonds. The van der Waals surface area contributed by atoms with Crippen molar-refractivity contribution in [2.45, 2.75) is 26.3 Å². The number of aryl methyl sites for hydroxylation is 1. The molecular formula is C16H22N6OS. The molecule has 128 valence electrons. The summed E-state index contributed by atoms with van der Waals surface area (Å²) in [5, 5.41) is 20.6. The molecule has 0 radical (unpaired) electrons. The van der Waals surface area contributed by atoms with Gasteiger partial charge in [-0.1, -0.05) is 0 Å². The van der Waals surface area contributed by atoms with Gasteiger partial charge in [0.05, 0.1) is 17.8 Å². The maximum absolute atomic E-state index is 12.1. The fraction of sp³-hybridized carbons (Fsp3) is 0.625. The molecule has 0 saturated carbocycles. The molecule has 2 heterocycles. The minimum absolute atomic E-state index is 0.0278. The van der Waals surface area contributed by atoms with Crippen LogP contribution in [0.15, 0.2) is 5.38 Å². The minimum atomic E-state index is -0.135. The average Bonchev–Trinajstić information content (AvgIpc) is 2.98. The molecule has 2 rings (SSSR count). The summed E-state index contributed by atoms with van der Waals surface area (Å²) < 4.78 is 0. The van der Waals surface area contributed by atoms with Gasteiger partial charge in [0, 0.05) is 44.0 Å². The van der Waals surface area contributed by atoms with Gasteiger partial charge in [-0.2, -0.15) is 10.5 Å². The van der Waals surface area contributed by atoms with Crippen molar-refractivity contribution in [3.05, 3.63) is 11.1 Å². The lowest BCUT2D eigenvalue weighted by Crippen LogP contribution is -2.52. The minimum Gasteiger partial charge on any atom is -0.343 e. The van der Waals surface area contributed by atoms with E-state index in [0.717, 1.165) is 30.5 Å². The Morgan fingerprint density at radius 2 is 2.12 bits per heavy atom. The molecule has 1 aromatic rings. The van der Waals surface area contributed by atoms with Crippen LogP contribution in [0.25, 0.3) is 0 Å². The largest absolute Gasteiger partial charge is 0.343 e. The third-order valence-electron chi connectivity index (χ3n) is 4.08. The van der Waals surface area contributed by atoms with E-state index in [9.17, 15) is 4.79 Å². The van der Waals surface area contributed by atoms with Crippen LogP contribution in [0.4, 0.5) is 5.13 Å². The van der Waals surface area contributed by atoms with Crippen LogP contribution in [0.2, 0.25) is 0 Å². The van der Waals surface area contributed by atoms with Crippen LogP contribution in [-0.2, 0) is 4.79 Å². The van der Waals surface area contributed by atoms with Crippen LogP contribution in [0.3, 0.4) is 0 Å². The summed E-state index contributed by atoms with van der Waals surface area (Å²) in [4.78, 5) is 22.5. The number of carbonyl (C=O) groups is 1. The SMILES string of the molecule is Cc1csc(N2CCN(CCC(=O)N(CC#N)CC#N)CC2C)n1. The fourth-order valence-electron chi connectivity index (χ4n) is 2.81. The lowest BCUT2D eigenvalue weighted by molar-refractivity contribution is -0.130. The smallest absolute Gasteiger partial charge is 0.225 e. The molecular weight excluding hydrogens is 324 g/mol. The number of rotatable bonds is 6. The first-order valence-electron chi connectivity index (χ1n) is 7.98. The van der Waals surface area contributed by atoms with Crippen LogP contribution >= 0.6 is 11.3 Å².